The van der Waals surface area contributed by atoms with Crippen LogP contribution in [0.2, 0.25) is 0 Å². The van der Waals surface area contributed by atoms with Crippen LogP contribution in [0.15, 0.2) is 0 Å². The van der Waals surface area contributed by atoms with E-state index >= 15 is 0 Å². The Kier molecular flexibility index (Phi) is 2.93. The van der Waals surface area contributed by atoms with Crippen molar-refractivity contribution in [3.8, 4) is 0 Å². The average Bonchev–Trinajstić information content (AvgIpc) is 2.96. The van der Waals surface area contributed by atoms with Crippen molar-refractivity contribution in [2.45, 2.75) is 58.9 Å². The van der Waals surface area contributed by atoms with E-state index in [1.807, 2.05) is 0 Å². The van der Waals surface area contributed by atoms with E-state index in [9.17, 15) is 0 Å². The van der Waals surface area contributed by atoms with Crippen LogP contribution in [0.3, 0.4) is 0 Å². The molecule has 1 saturated heterocycles. The predicted molar refractivity (Wildman–Crippen MR) is 75.1 cm³/mol. The number of nitrogens with one attached hydrogen (secondary N) is 1. The maximum Gasteiger partial charge on any atom is 0.0473 e. The lowest BCUT2D eigenvalue weighted by molar-refractivity contribution is 0.359. The number of aromatic nitrogens is 1. The zero-order chi connectivity index (χ0) is 12.9. The van der Waals surface area contributed by atoms with Crippen molar-refractivity contribution in [2.24, 2.45) is 5.92 Å². The van der Waals surface area contributed by atoms with Gasteiger partial charge in [-0.15, -0.1) is 0 Å². The maximum atomic E-state index is 4.89. The highest BCUT2D eigenvalue weighted by molar-refractivity contribution is 5.43. The molecule has 3 unspecified atom stereocenters. The third kappa shape index (κ3) is 1.70. The van der Waals surface area contributed by atoms with Gasteiger partial charge in [0.15, 0.2) is 0 Å². The topological polar surface area (TPSA) is 24.9 Å². The van der Waals surface area contributed by atoms with E-state index in [0.29, 0.717) is 12.0 Å². The summed E-state index contributed by atoms with van der Waals surface area (Å²) in [4.78, 5) is 4.89. The molecule has 1 N–H and O–H groups in total. The zero-order valence-corrected chi connectivity index (χ0v) is 12.0. The smallest absolute Gasteiger partial charge is 0.0473 e. The fourth-order valence-corrected chi connectivity index (χ4v) is 3.84. The van der Waals surface area contributed by atoms with Gasteiger partial charge in [0.05, 0.1) is 0 Å². The first kappa shape index (κ1) is 12.2. The fraction of sp³-hybridized carbons (Fsp3) is 0.688. The molecular formula is C16H24N2. The van der Waals surface area contributed by atoms with Gasteiger partial charge in [-0.25, -0.2) is 0 Å². The van der Waals surface area contributed by atoms with Gasteiger partial charge < -0.3 is 5.32 Å². The van der Waals surface area contributed by atoms with Crippen molar-refractivity contribution in [3.63, 3.8) is 0 Å². The molecular weight excluding hydrogens is 220 g/mol. The minimum atomic E-state index is 0.619. The van der Waals surface area contributed by atoms with Crippen LogP contribution < -0.4 is 5.32 Å². The van der Waals surface area contributed by atoms with Gasteiger partial charge in [0.2, 0.25) is 0 Å². The second-order valence-corrected chi connectivity index (χ2v) is 6.17. The molecule has 3 atom stereocenters. The van der Waals surface area contributed by atoms with Crippen molar-refractivity contribution < 1.29 is 0 Å². The summed E-state index contributed by atoms with van der Waals surface area (Å²) < 4.78 is 0. The van der Waals surface area contributed by atoms with Crippen LogP contribution >= 0.6 is 0 Å². The molecule has 0 radical (unpaired) electrons. The highest BCUT2D eigenvalue weighted by atomic mass is 14.9. The molecule has 2 heteroatoms. The first-order chi connectivity index (χ1) is 8.59. The molecule has 1 aliphatic heterocycles. The lowest BCUT2D eigenvalue weighted by Crippen LogP contribution is -2.32. The molecule has 0 aromatic carbocycles. The molecule has 2 nitrogen and oxygen atoms in total. The van der Waals surface area contributed by atoms with Crippen LogP contribution in [0.4, 0.5) is 0 Å². The zero-order valence-electron chi connectivity index (χ0n) is 12.0. The summed E-state index contributed by atoms with van der Waals surface area (Å²) in [6.45, 7) is 10.2. The second-order valence-electron chi connectivity index (χ2n) is 6.17. The van der Waals surface area contributed by atoms with Crippen molar-refractivity contribution in [1.82, 2.24) is 10.3 Å². The maximum absolute atomic E-state index is 4.89. The molecule has 18 heavy (non-hydrogen) atoms. The van der Waals surface area contributed by atoms with Crippen LogP contribution in [0.1, 0.15) is 53.8 Å². The molecule has 3 rings (SSSR count). The van der Waals surface area contributed by atoms with Crippen molar-refractivity contribution in [3.05, 3.63) is 28.1 Å². The van der Waals surface area contributed by atoms with Gasteiger partial charge >= 0.3 is 0 Å². The number of hydrogen-bond acceptors (Lipinski definition) is 2. The van der Waals surface area contributed by atoms with Crippen LogP contribution in [-0.4, -0.2) is 17.6 Å². The minimum Gasteiger partial charge on any atom is -0.314 e. The Bertz CT molecular complexity index is 472. The summed E-state index contributed by atoms with van der Waals surface area (Å²) in [5.41, 5.74) is 7.03. The molecule has 1 fully saturated rings. The first-order valence-corrected chi connectivity index (χ1v) is 7.29. The SMILES string of the molecule is Cc1nc2c(c(C)c1C)CC(C1CCCN1)C2C. The molecule has 2 aliphatic rings. The summed E-state index contributed by atoms with van der Waals surface area (Å²) in [5, 5.41) is 3.68. The first-order valence-electron chi connectivity index (χ1n) is 7.29. The van der Waals surface area contributed by atoms with E-state index in [-0.39, 0.29) is 0 Å². The van der Waals surface area contributed by atoms with Crippen LogP contribution in [-0.2, 0) is 6.42 Å². The van der Waals surface area contributed by atoms with Crippen LogP contribution in [0.25, 0.3) is 0 Å². The Hall–Kier alpha value is -0.890. The quantitative estimate of drug-likeness (QED) is 0.821. The Morgan fingerprint density at radius 1 is 1.17 bits per heavy atom. The Morgan fingerprint density at radius 2 is 1.94 bits per heavy atom. The Morgan fingerprint density at radius 3 is 2.61 bits per heavy atom. The second kappa shape index (κ2) is 4.34. The van der Waals surface area contributed by atoms with Crippen LogP contribution in [0.5, 0.6) is 0 Å². The average molecular weight is 244 g/mol. The van der Waals surface area contributed by atoms with Crippen LogP contribution in [0, 0.1) is 26.7 Å². The molecule has 1 aromatic rings. The van der Waals surface area contributed by atoms with E-state index in [1.165, 1.54) is 48.3 Å². The van der Waals surface area contributed by atoms with Crippen molar-refractivity contribution in [2.75, 3.05) is 6.54 Å². The van der Waals surface area contributed by atoms with Gasteiger partial charge in [-0.05, 0) is 69.2 Å². The Labute approximate surface area is 110 Å². The number of nitrogens with zero attached hydrogens (tertiary/aromatic N) is 1. The van der Waals surface area contributed by atoms with Gasteiger partial charge in [0.1, 0.15) is 0 Å². The van der Waals surface area contributed by atoms with Gasteiger partial charge in [-0.1, -0.05) is 6.92 Å². The van der Waals surface area contributed by atoms with Gasteiger partial charge in [-0.3, -0.25) is 4.98 Å². The predicted octanol–water partition coefficient (Wildman–Crippen LogP) is 3.03. The van der Waals surface area contributed by atoms with Gasteiger partial charge in [-0.2, -0.15) is 0 Å². The molecule has 0 amide bonds. The number of pyridine rings is 1. The fourth-order valence-electron chi connectivity index (χ4n) is 3.84. The molecule has 0 spiro atoms. The summed E-state index contributed by atoms with van der Waals surface area (Å²) in [6.07, 6.45) is 3.92. The van der Waals surface area contributed by atoms with E-state index in [1.54, 1.807) is 5.56 Å². The number of rotatable bonds is 1. The third-order valence-electron chi connectivity index (χ3n) is 5.28. The van der Waals surface area contributed by atoms with Gasteiger partial charge in [0, 0.05) is 23.3 Å². The lowest BCUT2D eigenvalue weighted by atomic mass is 9.88. The summed E-state index contributed by atoms with van der Waals surface area (Å²) in [7, 11) is 0. The van der Waals surface area contributed by atoms with Crippen molar-refractivity contribution >= 4 is 0 Å². The molecule has 1 aromatic heterocycles. The summed E-state index contributed by atoms with van der Waals surface area (Å²) in [5.74, 6) is 1.38. The summed E-state index contributed by atoms with van der Waals surface area (Å²) in [6, 6.07) is 0.717. The van der Waals surface area contributed by atoms with E-state index in [2.05, 4.69) is 33.0 Å². The molecule has 98 valence electrons. The number of fused-ring (bicyclic) bond motifs is 1. The highest BCUT2D eigenvalue weighted by Gasteiger charge is 2.38. The highest BCUT2D eigenvalue weighted by Crippen LogP contribution is 2.42. The van der Waals surface area contributed by atoms with E-state index in [4.69, 9.17) is 4.98 Å². The standard InChI is InChI=1S/C16H24N2/c1-9-10(2)14-8-13(15-6-5-7-17-15)11(3)16(14)18-12(9)4/h11,13,15,17H,5-8H2,1-4H3. The lowest BCUT2D eigenvalue weighted by Gasteiger charge is -2.22. The van der Waals surface area contributed by atoms with Crippen molar-refractivity contribution in [1.29, 1.82) is 0 Å². The molecule has 0 saturated carbocycles. The largest absolute Gasteiger partial charge is 0.314 e. The Balaban J connectivity index is 1.98. The third-order valence-corrected chi connectivity index (χ3v) is 5.28. The molecule has 0 bridgehead atoms. The minimum absolute atomic E-state index is 0.619. The van der Waals surface area contributed by atoms with E-state index in [0.717, 1.165) is 5.92 Å². The molecule has 1 aliphatic carbocycles. The number of aryl methyl sites for hydroxylation is 1. The normalized spacial score (nSPS) is 30.8. The van der Waals surface area contributed by atoms with E-state index < -0.39 is 0 Å². The van der Waals surface area contributed by atoms with Gasteiger partial charge in [0.25, 0.3) is 0 Å². The summed E-state index contributed by atoms with van der Waals surface area (Å²) >= 11 is 0. The monoisotopic (exact) mass is 244 g/mol. The molecule has 2 heterocycles. The number of hydrogen-bond donors (Lipinski definition) is 1.